The average molecular weight is 324 g/mol. The lowest BCUT2D eigenvalue weighted by Gasteiger charge is -2.02. The number of hydrogen-bond donors (Lipinski definition) is 2. The zero-order chi connectivity index (χ0) is 15.4. The Kier molecular flexibility index (Phi) is 5.08. The summed E-state index contributed by atoms with van der Waals surface area (Å²) in [6, 6.07) is 1.91. The molecule has 0 spiro atoms. The van der Waals surface area contributed by atoms with Crippen molar-refractivity contribution in [3.05, 3.63) is 38.0 Å². The summed E-state index contributed by atoms with van der Waals surface area (Å²) in [5.74, 6) is -0.713. The smallest absolute Gasteiger partial charge is 0.355 e. The number of rotatable bonds is 6. The Morgan fingerprint density at radius 2 is 2.10 bits per heavy atom. The summed E-state index contributed by atoms with van der Waals surface area (Å²) in [6.07, 6.45) is 0.533. The first-order valence-corrected chi connectivity index (χ1v) is 8.27. The molecule has 5 nitrogen and oxygen atoms in total. The Morgan fingerprint density at radius 1 is 1.33 bits per heavy atom. The van der Waals surface area contributed by atoms with E-state index in [1.165, 1.54) is 21.6 Å². The molecule has 0 radical (unpaired) electrons. The van der Waals surface area contributed by atoms with Gasteiger partial charge in [-0.1, -0.05) is 13.8 Å². The zero-order valence-electron chi connectivity index (χ0n) is 11.8. The quantitative estimate of drug-likeness (QED) is 0.856. The van der Waals surface area contributed by atoms with Crippen molar-refractivity contribution in [2.45, 2.75) is 26.2 Å². The van der Waals surface area contributed by atoms with Gasteiger partial charge in [-0.05, 0) is 12.0 Å². The second-order valence-electron chi connectivity index (χ2n) is 4.83. The van der Waals surface area contributed by atoms with Gasteiger partial charge >= 0.3 is 5.97 Å². The maximum Gasteiger partial charge on any atom is 0.355 e. The highest BCUT2D eigenvalue weighted by Gasteiger charge is 2.11. The van der Waals surface area contributed by atoms with E-state index in [1.807, 2.05) is 11.4 Å². The standard InChI is InChI=1S/C14H16N2O3S2/c1-8(2)11-5-9(6-20-11)13(17)15-4-3-12-16-10(7-21-12)14(18)19/h5-8H,3-4H2,1-2H3,(H,15,17)(H,18,19). The number of nitrogens with one attached hydrogen (secondary N) is 1. The number of hydrogen-bond acceptors (Lipinski definition) is 5. The fourth-order valence-electron chi connectivity index (χ4n) is 1.68. The summed E-state index contributed by atoms with van der Waals surface area (Å²) in [5.41, 5.74) is 0.731. The van der Waals surface area contributed by atoms with Crippen LogP contribution >= 0.6 is 22.7 Å². The van der Waals surface area contributed by atoms with Crippen molar-refractivity contribution < 1.29 is 14.7 Å². The van der Waals surface area contributed by atoms with Crippen LogP contribution in [0.15, 0.2) is 16.8 Å². The predicted molar refractivity (Wildman–Crippen MR) is 83.5 cm³/mol. The van der Waals surface area contributed by atoms with Gasteiger partial charge in [0.25, 0.3) is 5.91 Å². The van der Waals surface area contributed by atoms with E-state index in [4.69, 9.17) is 5.11 Å². The molecule has 0 saturated heterocycles. The van der Waals surface area contributed by atoms with E-state index < -0.39 is 5.97 Å². The van der Waals surface area contributed by atoms with Crippen molar-refractivity contribution in [3.63, 3.8) is 0 Å². The van der Waals surface area contributed by atoms with Crippen LogP contribution in [-0.4, -0.2) is 28.5 Å². The molecular weight excluding hydrogens is 308 g/mol. The van der Waals surface area contributed by atoms with Crippen LogP contribution < -0.4 is 5.32 Å². The molecule has 0 fully saturated rings. The first-order chi connectivity index (χ1) is 9.97. The van der Waals surface area contributed by atoms with Crippen LogP contribution in [0.1, 0.15) is 50.5 Å². The summed E-state index contributed by atoms with van der Waals surface area (Å²) in [5, 5.41) is 15.7. The Morgan fingerprint density at radius 3 is 2.67 bits per heavy atom. The van der Waals surface area contributed by atoms with Gasteiger partial charge in [0.05, 0.1) is 10.6 Å². The fraction of sp³-hybridized carbons (Fsp3) is 0.357. The molecule has 2 N–H and O–H groups in total. The number of aromatic carboxylic acids is 1. The van der Waals surface area contributed by atoms with Crippen molar-refractivity contribution >= 4 is 34.6 Å². The van der Waals surface area contributed by atoms with Crippen LogP contribution in [0.25, 0.3) is 0 Å². The number of aromatic nitrogens is 1. The third-order valence-electron chi connectivity index (χ3n) is 2.85. The maximum atomic E-state index is 12.0. The Hall–Kier alpha value is -1.73. The molecule has 0 aliphatic heterocycles. The van der Waals surface area contributed by atoms with Crippen LogP contribution in [-0.2, 0) is 6.42 Å². The molecule has 0 atom stereocenters. The summed E-state index contributed by atoms with van der Waals surface area (Å²) >= 11 is 2.88. The van der Waals surface area contributed by atoms with Gasteiger partial charge in [-0.15, -0.1) is 22.7 Å². The monoisotopic (exact) mass is 324 g/mol. The number of amides is 1. The molecule has 0 unspecified atom stereocenters. The molecule has 21 heavy (non-hydrogen) atoms. The lowest BCUT2D eigenvalue weighted by Crippen LogP contribution is -2.25. The minimum absolute atomic E-state index is 0.0562. The molecule has 112 valence electrons. The number of thiazole rings is 1. The first kappa shape index (κ1) is 15.7. The van der Waals surface area contributed by atoms with Crippen molar-refractivity contribution in [2.24, 2.45) is 0 Å². The molecule has 2 rings (SSSR count). The van der Waals surface area contributed by atoms with Crippen LogP contribution in [0.4, 0.5) is 0 Å². The van der Waals surface area contributed by atoms with E-state index in [0.29, 0.717) is 29.5 Å². The molecule has 0 saturated carbocycles. The molecular formula is C14H16N2O3S2. The molecule has 0 aliphatic carbocycles. The fourth-order valence-corrected chi connectivity index (χ4v) is 3.36. The van der Waals surface area contributed by atoms with Crippen molar-refractivity contribution in [1.29, 1.82) is 0 Å². The number of carbonyl (C=O) groups excluding carboxylic acids is 1. The van der Waals surface area contributed by atoms with E-state index in [-0.39, 0.29) is 11.6 Å². The van der Waals surface area contributed by atoms with Crippen LogP contribution in [0, 0.1) is 0 Å². The molecule has 1 amide bonds. The lowest BCUT2D eigenvalue weighted by molar-refractivity contribution is 0.0690. The zero-order valence-corrected chi connectivity index (χ0v) is 13.4. The molecule has 0 bridgehead atoms. The van der Waals surface area contributed by atoms with E-state index in [0.717, 1.165) is 0 Å². The highest BCUT2D eigenvalue weighted by molar-refractivity contribution is 7.10. The molecule has 0 aliphatic rings. The number of carbonyl (C=O) groups is 2. The number of nitrogens with zero attached hydrogens (tertiary/aromatic N) is 1. The number of carboxylic acids is 1. The molecule has 0 aromatic carbocycles. The van der Waals surface area contributed by atoms with E-state index in [1.54, 1.807) is 11.3 Å². The highest BCUT2D eigenvalue weighted by atomic mass is 32.1. The van der Waals surface area contributed by atoms with Gasteiger partial charge in [-0.3, -0.25) is 4.79 Å². The van der Waals surface area contributed by atoms with E-state index in [9.17, 15) is 9.59 Å². The summed E-state index contributed by atoms with van der Waals surface area (Å²) in [4.78, 5) is 27.8. The van der Waals surface area contributed by atoms with Gasteiger partial charge in [0.2, 0.25) is 0 Å². The van der Waals surface area contributed by atoms with Gasteiger partial charge < -0.3 is 10.4 Å². The van der Waals surface area contributed by atoms with Gasteiger partial charge in [0.15, 0.2) is 5.69 Å². The van der Waals surface area contributed by atoms with Gasteiger partial charge in [0.1, 0.15) is 0 Å². The molecule has 2 heterocycles. The van der Waals surface area contributed by atoms with Crippen LogP contribution in [0.5, 0.6) is 0 Å². The molecule has 2 aromatic heterocycles. The number of thiophene rings is 1. The first-order valence-electron chi connectivity index (χ1n) is 6.51. The lowest BCUT2D eigenvalue weighted by atomic mass is 10.1. The average Bonchev–Trinajstić information content (AvgIpc) is 3.07. The van der Waals surface area contributed by atoms with Crippen molar-refractivity contribution in [2.75, 3.05) is 6.54 Å². The molecule has 7 heteroatoms. The van der Waals surface area contributed by atoms with Crippen molar-refractivity contribution in [1.82, 2.24) is 10.3 Å². The van der Waals surface area contributed by atoms with E-state index in [2.05, 4.69) is 24.1 Å². The number of carboxylic acid groups (broad SMARTS) is 1. The minimum Gasteiger partial charge on any atom is -0.476 e. The second kappa shape index (κ2) is 6.82. The van der Waals surface area contributed by atoms with Crippen LogP contribution in [0.2, 0.25) is 0 Å². The Labute approximate surface area is 130 Å². The SMILES string of the molecule is CC(C)c1cc(C(=O)NCCc2nc(C(=O)O)cs2)cs1. The normalized spacial score (nSPS) is 10.8. The minimum atomic E-state index is -1.03. The summed E-state index contributed by atoms with van der Waals surface area (Å²) in [7, 11) is 0. The Balaban J connectivity index is 1.84. The third kappa shape index (κ3) is 4.12. The third-order valence-corrected chi connectivity index (χ3v) is 4.99. The van der Waals surface area contributed by atoms with Crippen molar-refractivity contribution in [3.8, 4) is 0 Å². The highest BCUT2D eigenvalue weighted by Crippen LogP contribution is 2.23. The second-order valence-corrected chi connectivity index (χ2v) is 6.72. The summed E-state index contributed by atoms with van der Waals surface area (Å²) < 4.78 is 0. The maximum absolute atomic E-state index is 12.0. The summed E-state index contributed by atoms with van der Waals surface area (Å²) in [6.45, 7) is 4.63. The Bertz CT molecular complexity index is 646. The van der Waals surface area contributed by atoms with Gasteiger partial charge in [-0.25, -0.2) is 9.78 Å². The van der Waals surface area contributed by atoms with Gasteiger partial charge in [-0.2, -0.15) is 0 Å². The topological polar surface area (TPSA) is 79.3 Å². The van der Waals surface area contributed by atoms with Crippen LogP contribution in [0.3, 0.4) is 0 Å². The van der Waals surface area contributed by atoms with Gasteiger partial charge in [0, 0.05) is 28.6 Å². The largest absolute Gasteiger partial charge is 0.476 e. The van der Waals surface area contributed by atoms with E-state index >= 15 is 0 Å². The predicted octanol–water partition coefficient (Wildman–Crippen LogP) is 3.00. The molecule has 2 aromatic rings.